The van der Waals surface area contributed by atoms with Crippen LogP contribution in [0.5, 0.6) is 0 Å². The second-order valence-corrected chi connectivity index (χ2v) is 4.57. The molecule has 0 bridgehead atoms. The Hall–Kier alpha value is -2.47. The Morgan fingerprint density at radius 3 is 2.67 bits per heavy atom. The molecule has 21 heavy (non-hydrogen) atoms. The van der Waals surface area contributed by atoms with Gasteiger partial charge in [-0.15, -0.1) is 5.10 Å². The summed E-state index contributed by atoms with van der Waals surface area (Å²) in [5, 5.41) is 13.0. The van der Waals surface area contributed by atoms with E-state index in [0.29, 0.717) is 22.8 Å². The minimum atomic E-state index is -0.385. The number of carbonyl (C=O) groups is 2. The summed E-state index contributed by atoms with van der Waals surface area (Å²) in [6.07, 6.45) is 1.85. The number of anilines is 2. The first kappa shape index (κ1) is 14.9. The predicted molar refractivity (Wildman–Crippen MR) is 80.4 cm³/mol. The first-order valence-electron chi connectivity index (χ1n) is 6.28. The van der Waals surface area contributed by atoms with Gasteiger partial charge >= 0.3 is 0 Å². The lowest BCUT2D eigenvalue weighted by molar-refractivity contribution is -0.115. The molecule has 108 valence electrons. The largest absolute Gasteiger partial charge is 0.325 e. The van der Waals surface area contributed by atoms with Gasteiger partial charge in [-0.2, -0.15) is 5.10 Å². The van der Waals surface area contributed by atoms with Crippen LogP contribution in [0.1, 0.15) is 23.8 Å². The van der Waals surface area contributed by atoms with E-state index in [9.17, 15) is 9.59 Å². The molecule has 0 saturated carbocycles. The molecule has 0 aliphatic heterocycles. The van der Waals surface area contributed by atoms with Gasteiger partial charge in [0, 0.05) is 18.3 Å². The second kappa shape index (κ2) is 6.81. The number of hydrogen-bond donors (Lipinski definition) is 2. The van der Waals surface area contributed by atoms with Crippen LogP contribution in [-0.4, -0.2) is 22.0 Å². The lowest BCUT2D eigenvalue weighted by atomic mass is 10.2. The second-order valence-electron chi connectivity index (χ2n) is 4.16. The van der Waals surface area contributed by atoms with Crippen molar-refractivity contribution in [3.8, 4) is 0 Å². The molecule has 0 fully saturated rings. The Labute approximate surface area is 126 Å². The van der Waals surface area contributed by atoms with Gasteiger partial charge in [0.15, 0.2) is 5.69 Å². The molecule has 2 rings (SSSR count). The van der Waals surface area contributed by atoms with Crippen LogP contribution in [0.3, 0.4) is 0 Å². The average Bonchev–Trinajstić information content (AvgIpc) is 2.50. The molecule has 7 heteroatoms. The van der Waals surface area contributed by atoms with Gasteiger partial charge < -0.3 is 10.6 Å². The SMILES string of the molecule is CCC(=O)Nc1ccc(NC(=O)c2cccnn2)cc1Cl. The standard InChI is InChI=1S/C14H13ClN4O2/c1-2-13(20)18-11-6-5-9(8-10(11)15)17-14(21)12-4-3-7-16-19-12/h3-8H,2H2,1H3,(H,17,21)(H,18,20). The van der Waals surface area contributed by atoms with Crippen LogP contribution >= 0.6 is 11.6 Å². The minimum absolute atomic E-state index is 0.131. The van der Waals surface area contributed by atoms with E-state index in [1.54, 1.807) is 37.3 Å². The van der Waals surface area contributed by atoms with Crippen LogP contribution in [0.4, 0.5) is 11.4 Å². The summed E-state index contributed by atoms with van der Waals surface area (Å²) in [6.45, 7) is 1.75. The Bertz CT molecular complexity index is 661. The number of amides is 2. The van der Waals surface area contributed by atoms with Crippen molar-refractivity contribution in [3.05, 3.63) is 47.2 Å². The Balaban J connectivity index is 2.10. The van der Waals surface area contributed by atoms with Gasteiger partial charge in [-0.3, -0.25) is 9.59 Å². The highest BCUT2D eigenvalue weighted by atomic mass is 35.5. The maximum atomic E-state index is 11.9. The van der Waals surface area contributed by atoms with Gasteiger partial charge in [0.2, 0.25) is 5.91 Å². The number of nitrogens with zero attached hydrogens (tertiary/aromatic N) is 2. The number of rotatable bonds is 4. The topological polar surface area (TPSA) is 84.0 Å². The maximum Gasteiger partial charge on any atom is 0.276 e. The monoisotopic (exact) mass is 304 g/mol. The number of halogens is 1. The summed E-state index contributed by atoms with van der Waals surface area (Å²) >= 11 is 6.07. The summed E-state index contributed by atoms with van der Waals surface area (Å²) in [6, 6.07) is 8.01. The van der Waals surface area contributed by atoms with E-state index in [4.69, 9.17) is 11.6 Å². The van der Waals surface area contributed by atoms with Crippen LogP contribution in [-0.2, 0) is 4.79 Å². The van der Waals surface area contributed by atoms with E-state index in [0.717, 1.165) is 0 Å². The molecule has 2 amide bonds. The molecule has 2 aromatic rings. The van der Waals surface area contributed by atoms with Crippen molar-refractivity contribution in [1.82, 2.24) is 10.2 Å². The van der Waals surface area contributed by atoms with Crippen molar-refractivity contribution in [3.63, 3.8) is 0 Å². The first-order valence-corrected chi connectivity index (χ1v) is 6.66. The fraction of sp³-hybridized carbons (Fsp3) is 0.143. The molecule has 6 nitrogen and oxygen atoms in total. The van der Waals surface area contributed by atoms with Crippen molar-refractivity contribution < 1.29 is 9.59 Å². The number of hydrogen-bond acceptors (Lipinski definition) is 4. The quantitative estimate of drug-likeness (QED) is 0.909. The normalized spacial score (nSPS) is 10.0. The lowest BCUT2D eigenvalue weighted by Gasteiger charge is -2.09. The summed E-state index contributed by atoms with van der Waals surface area (Å²) in [5.41, 5.74) is 1.21. The van der Waals surface area contributed by atoms with Crippen molar-refractivity contribution in [2.24, 2.45) is 0 Å². The van der Waals surface area contributed by atoms with Crippen molar-refractivity contribution in [2.75, 3.05) is 10.6 Å². The van der Waals surface area contributed by atoms with E-state index in [2.05, 4.69) is 20.8 Å². The summed E-state index contributed by atoms with van der Waals surface area (Å²) in [4.78, 5) is 23.2. The van der Waals surface area contributed by atoms with Crippen LogP contribution in [0, 0.1) is 0 Å². The molecular formula is C14H13ClN4O2. The van der Waals surface area contributed by atoms with Gasteiger partial charge in [0.05, 0.1) is 10.7 Å². The van der Waals surface area contributed by atoms with E-state index in [1.165, 1.54) is 6.20 Å². The first-order chi connectivity index (χ1) is 10.1. The molecule has 0 aliphatic carbocycles. The predicted octanol–water partition coefficient (Wildman–Crippen LogP) is 2.73. The molecule has 0 radical (unpaired) electrons. The average molecular weight is 305 g/mol. The molecule has 0 saturated heterocycles. The summed E-state index contributed by atoms with van der Waals surface area (Å²) < 4.78 is 0. The highest BCUT2D eigenvalue weighted by molar-refractivity contribution is 6.34. The van der Waals surface area contributed by atoms with Crippen molar-refractivity contribution in [2.45, 2.75) is 13.3 Å². The zero-order valence-electron chi connectivity index (χ0n) is 11.3. The summed E-state index contributed by atoms with van der Waals surface area (Å²) in [7, 11) is 0. The number of nitrogens with one attached hydrogen (secondary N) is 2. The van der Waals surface area contributed by atoms with E-state index in [-0.39, 0.29) is 17.5 Å². The molecule has 0 aliphatic rings. The van der Waals surface area contributed by atoms with Gasteiger partial charge in [-0.1, -0.05) is 18.5 Å². The number of benzene rings is 1. The highest BCUT2D eigenvalue weighted by Crippen LogP contribution is 2.25. The smallest absolute Gasteiger partial charge is 0.276 e. The molecule has 2 N–H and O–H groups in total. The summed E-state index contributed by atoms with van der Waals surface area (Å²) in [5.74, 6) is -0.516. The Morgan fingerprint density at radius 1 is 1.24 bits per heavy atom. The van der Waals surface area contributed by atoms with Crippen LogP contribution in [0.25, 0.3) is 0 Å². The number of aromatic nitrogens is 2. The van der Waals surface area contributed by atoms with Crippen LogP contribution in [0.15, 0.2) is 36.5 Å². The highest BCUT2D eigenvalue weighted by Gasteiger charge is 2.10. The van der Waals surface area contributed by atoms with Crippen LogP contribution < -0.4 is 10.6 Å². The lowest BCUT2D eigenvalue weighted by Crippen LogP contribution is -2.14. The van der Waals surface area contributed by atoms with Crippen molar-refractivity contribution >= 4 is 34.8 Å². The van der Waals surface area contributed by atoms with Crippen LogP contribution in [0.2, 0.25) is 5.02 Å². The molecule has 0 atom stereocenters. The maximum absolute atomic E-state index is 11.9. The minimum Gasteiger partial charge on any atom is -0.325 e. The Kier molecular flexibility index (Phi) is 4.84. The zero-order chi connectivity index (χ0) is 15.2. The van der Waals surface area contributed by atoms with E-state index >= 15 is 0 Å². The fourth-order valence-electron chi connectivity index (χ4n) is 1.55. The third-order valence-electron chi connectivity index (χ3n) is 2.63. The third-order valence-corrected chi connectivity index (χ3v) is 2.94. The van der Waals surface area contributed by atoms with E-state index < -0.39 is 0 Å². The van der Waals surface area contributed by atoms with Gasteiger partial charge in [-0.25, -0.2) is 0 Å². The molecule has 1 aromatic carbocycles. The van der Waals surface area contributed by atoms with E-state index in [1.807, 2.05) is 0 Å². The molecule has 0 unspecified atom stereocenters. The Morgan fingerprint density at radius 2 is 2.05 bits per heavy atom. The fourth-order valence-corrected chi connectivity index (χ4v) is 1.78. The van der Waals surface area contributed by atoms with Gasteiger partial charge in [-0.05, 0) is 30.3 Å². The van der Waals surface area contributed by atoms with Crippen molar-refractivity contribution in [1.29, 1.82) is 0 Å². The van der Waals surface area contributed by atoms with Gasteiger partial charge in [0.1, 0.15) is 0 Å². The molecular weight excluding hydrogens is 292 g/mol. The molecule has 0 spiro atoms. The molecule has 1 aromatic heterocycles. The molecule has 1 heterocycles. The zero-order valence-corrected chi connectivity index (χ0v) is 12.0. The van der Waals surface area contributed by atoms with Gasteiger partial charge in [0.25, 0.3) is 5.91 Å². The third kappa shape index (κ3) is 4.00. The number of carbonyl (C=O) groups excluding carboxylic acids is 2.